The number of hydrogen-bond acceptors (Lipinski definition) is 6. The number of piperidine rings is 1. The van der Waals surface area contributed by atoms with Gasteiger partial charge in [0.1, 0.15) is 5.82 Å². The molecule has 0 aliphatic carbocycles. The van der Waals surface area contributed by atoms with E-state index < -0.39 is 5.82 Å². The molecule has 1 aromatic carbocycles. The van der Waals surface area contributed by atoms with Gasteiger partial charge in [0.05, 0.1) is 43.1 Å². The van der Waals surface area contributed by atoms with Crippen LogP contribution < -0.4 is 4.74 Å². The molecule has 1 N–H and O–H groups in total. The van der Waals surface area contributed by atoms with Crippen molar-refractivity contribution < 1.29 is 19.0 Å². The molecule has 3 heterocycles. The van der Waals surface area contributed by atoms with Crippen LogP contribution in [0.1, 0.15) is 35.7 Å². The predicted molar refractivity (Wildman–Crippen MR) is 110 cm³/mol. The van der Waals surface area contributed by atoms with Crippen molar-refractivity contribution in [3.63, 3.8) is 0 Å². The van der Waals surface area contributed by atoms with Crippen molar-refractivity contribution in [2.45, 2.75) is 32.4 Å². The summed E-state index contributed by atoms with van der Waals surface area (Å²) >= 11 is 0. The first-order chi connectivity index (χ1) is 15.0. The smallest absolute Gasteiger partial charge is 0.256 e. The van der Waals surface area contributed by atoms with Crippen LogP contribution in [0.5, 0.6) is 5.88 Å². The molecule has 1 fully saturated rings. The number of rotatable bonds is 6. The zero-order valence-electron chi connectivity index (χ0n) is 17.2. The van der Waals surface area contributed by atoms with Crippen LogP contribution in [0.15, 0.2) is 48.9 Å². The molecule has 1 aliphatic rings. The maximum Gasteiger partial charge on any atom is 0.256 e. The van der Waals surface area contributed by atoms with Gasteiger partial charge in [-0.1, -0.05) is 6.07 Å². The average molecular weight is 425 g/mol. The van der Waals surface area contributed by atoms with Gasteiger partial charge in [-0.3, -0.25) is 4.79 Å². The van der Waals surface area contributed by atoms with Crippen LogP contribution in [0, 0.1) is 11.7 Å². The van der Waals surface area contributed by atoms with Crippen molar-refractivity contribution in [3.8, 4) is 11.6 Å². The number of aliphatic hydroxyl groups excluding tert-OH is 1. The highest BCUT2D eigenvalue weighted by molar-refractivity contribution is 5.98. The summed E-state index contributed by atoms with van der Waals surface area (Å²) in [4.78, 5) is 20.7. The lowest BCUT2D eigenvalue weighted by Crippen LogP contribution is -2.47. The summed E-state index contributed by atoms with van der Waals surface area (Å²) in [6.07, 6.45) is 5.97. The van der Waals surface area contributed by atoms with Crippen molar-refractivity contribution in [2.24, 2.45) is 5.92 Å². The Kier molecular flexibility index (Phi) is 6.22. The van der Waals surface area contributed by atoms with Crippen molar-refractivity contribution >= 4 is 5.91 Å². The summed E-state index contributed by atoms with van der Waals surface area (Å²) < 4.78 is 18.7. The lowest BCUT2D eigenvalue weighted by atomic mass is 9.93. The molecule has 3 aromatic rings. The first kappa shape index (κ1) is 20.9. The molecule has 1 aliphatic heterocycles. The van der Waals surface area contributed by atoms with Crippen LogP contribution in [-0.2, 0) is 6.61 Å². The monoisotopic (exact) mass is 425 g/mol. The number of carbonyl (C=O) groups is 1. The van der Waals surface area contributed by atoms with Crippen LogP contribution in [0.4, 0.5) is 4.39 Å². The minimum Gasteiger partial charge on any atom is -0.477 e. The molecule has 0 spiro atoms. The summed E-state index contributed by atoms with van der Waals surface area (Å²) in [7, 11) is 0. The van der Waals surface area contributed by atoms with Gasteiger partial charge in [-0.15, -0.1) is 0 Å². The first-order valence-corrected chi connectivity index (χ1v) is 10.2. The van der Waals surface area contributed by atoms with E-state index in [1.165, 1.54) is 16.9 Å². The lowest BCUT2D eigenvalue weighted by Gasteiger charge is -2.38. The second-order valence-corrected chi connectivity index (χ2v) is 7.70. The minimum atomic E-state index is -0.414. The summed E-state index contributed by atoms with van der Waals surface area (Å²) in [5.41, 5.74) is 1.65. The molecule has 8 nitrogen and oxygen atoms in total. The Hall–Kier alpha value is -3.33. The van der Waals surface area contributed by atoms with Gasteiger partial charge in [-0.2, -0.15) is 15.0 Å². The molecule has 162 valence electrons. The number of likely N-dealkylation sites (tertiary alicyclic amines) is 1. The molecule has 1 saturated heterocycles. The van der Waals surface area contributed by atoms with E-state index in [0.29, 0.717) is 35.8 Å². The normalized spacial score (nSPS) is 18.7. The fourth-order valence-electron chi connectivity index (χ4n) is 3.77. The van der Waals surface area contributed by atoms with E-state index in [1.807, 2.05) is 11.8 Å². The number of benzene rings is 1. The first-order valence-electron chi connectivity index (χ1n) is 10.2. The number of aromatic nitrogens is 4. The van der Waals surface area contributed by atoms with Crippen molar-refractivity contribution in [2.75, 3.05) is 13.2 Å². The van der Waals surface area contributed by atoms with E-state index in [1.54, 1.807) is 30.6 Å². The number of ether oxygens (including phenoxy) is 1. The van der Waals surface area contributed by atoms with Gasteiger partial charge >= 0.3 is 0 Å². The summed E-state index contributed by atoms with van der Waals surface area (Å²) in [6.45, 7) is 2.78. The molecule has 2 atom stereocenters. The zero-order chi connectivity index (χ0) is 21.8. The standard InChI is InChI=1S/C22H24FN5O3/c1-15-2-3-17(14-31-21-7-5-18(23)11-24-21)12-27(15)22(30)19-10-16(13-29)4-6-20(19)28-25-8-9-26-28/h4-11,15,17,29H,2-3,12-14H2,1H3/t15-,17?/m1/s1. The van der Waals surface area contributed by atoms with Crippen molar-refractivity contribution in [1.29, 1.82) is 0 Å². The summed E-state index contributed by atoms with van der Waals surface area (Å²) in [5, 5.41) is 17.9. The third kappa shape index (κ3) is 4.72. The predicted octanol–water partition coefficient (Wildman–Crippen LogP) is 2.61. The van der Waals surface area contributed by atoms with Crippen LogP contribution in [-0.4, -0.2) is 55.1 Å². The molecule has 2 aromatic heterocycles. The molecule has 31 heavy (non-hydrogen) atoms. The largest absolute Gasteiger partial charge is 0.477 e. The molecule has 9 heteroatoms. The SMILES string of the molecule is C[C@@H]1CCC(COc2ccc(F)cn2)CN1C(=O)c1cc(CO)ccc1-n1nccn1. The number of halogens is 1. The van der Waals surface area contributed by atoms with Gasteiger partial charge in [0, 0.05) is 24.6 Å². The molecular weight excluding hydrogens is 401 g/mol. The number of nitrogens with zero attached hydrogens (tertiary/aromatic N) is 5. The Morgan fingerprint density at radius 3 is 2.74 bits per heavy atom. The fourth-order valence-corrected chi connectivity index (χ4v) is 3.77. The number of amides is 1. The molecule has 0 bridgehead atoms. The molecule has 0 radical (unpaired) electrons. The quantitative estimate of drug-likeness (QED) is 0.653. The van der Waals surface area contributed by atoms with Crippen LogP contribution in [0.3, 0.4) is 0 Å². The zero-order valence-corrected chi connectivity index (χ0v) is 17.2. The Morgan fingerprint density at radius 1 is 1.23 bits per heavy atom. The van der Waals surface area contributed by atoms with Crippen LogP contribution in [0.25, 0.3) is 5.69 Å². The Morgan fingerprint density at radius 2 is 2.03 bits per heavy atom. The maximum absolute atomic E-state index is 13.5. The Bertz CT molecular complexity index is 1030. The van der Waals surface area contributed by atoms with Gasteiger partial charge in [-0.05, 0) is 43.5 Å². The Balaban J connectivity index is 1.52. The van der Waals surface area contributed by atoms with E-state index in [9.17, 15) is 14.3 Å². The number of carbonyl (C=O) groups excluding carboxylic acids is 1. The second kappa shape index (κ2) is 9.22. The Labute approximate surface area is 179 Å². The number of hydrogen-bond donors (Lipinski definition) is 1. The van der Waals surface area contributed by atoms with Gasteiger partial charge < -0.3 is 14.7 Å². The van der Waals surface area contributed by atoms with E-state index in [-0.39, 0.29) is 24.5 Å². The van der Waals surface area contributed by atoms with E-state index in [4.69, 9.17) is 4.74 Å². The van der Waals surface area contributed by atoms with Crippen LogP contribution >= 0.6 is 0 Å². The summed E-state index contributed by atoms with van der Waals surface area (Å²) in [5.74, 6) is -0.0669. The lowest BCUT2D eigenvalue weighted by molar-refractivity contribution is 0.0502. The third-order valence-electron chi connectivity index (χ3n) is 5.52. The molecule has 0 saturated carbocycles. The van der Waals surface area contributed by atoms with E-state index in [2.05, 4.69) is 15.2 Å². The minimum absolute atomic E-state index is 0.0592. The van der Waals surface area contributed by atoms with Crippen molar-refractivity contribution in [3.05, 3.63) is 65.9 Å². The molecule has 4 rings (SSSR count). The topological polar surface area (TPSA) is 93.4 Å². The second-order valence-electron chi connectivity index (χ2n) is 7.70. The van der Waals surface area contributed by atoms with Gasteiger partial charge in [-0.25, -0.2) is 9.37 Å². The summed E-state index contributed by atoms with van der Waals surface area (Å²) in [6, 6.07) is 8.04. The van der Waals surface area contributed by atoms with Gasteiger partial charge in [0.15, 0.2) is 0 Å². The van der Waals surface area contributed by atoms with Gasteiger partial charge in [0.25, 0.3) is 5.91 Å². The van der Waals surface area contributed by atoms with Gasteiger partial charge in [0.2, 0.25) is 5.88 Å². The third-order valence-corrected chi connectivity index (χ3v) is 5.52. The number of aliphatic hydroxyl groups is 1. The highest BCUT2D eigenvalue weighted by Gasteiger charge is 2.31. The average Bonchev–Trinajstić information content (AvgIpc) is 3.33. The molecular formula is C22H24FN5O3. The highest BCUT2D eigenvalue weighted by Crippen LogP contribution is 2.26. The number of pyridine rings is 1. The van der Waals surface area contributed by atoms with Crippen molar-refractivity contribution in [1.82, 2.24) is 24.9 Å². The van der Waals surface area contributed by atoms with E-state index >= 15 is 0 Å². The van der Waals surface area contributed by atoms with E-state index in [0.717, 1.165) is 19.0 Å². The van der Waals surface area contributed by atoms with Crippen LogP contribution in [0.2, 0.25) is 0 Å². The fraction of sp³-hybridized carbons (Fsp3) is 0.364. The maximum atomic E-state index is 13.5. The molecule has 1 amide bonds. The highest BCUT2D eigenvalue weighted by atomic mass is 19.1. The molecule has 1 unspecified atom stereocenters.